The third kappa shape index (κ3) is 4.61. The summed E-state index contributed by atoms with van der Waals surface area (Å²) in [5, 5.41) is 0. The van der Waals surface area contributed by atoms with Gasteiger partial charge in [-0.1, -0.05) is 24.8 Å². The Morgan fingerprint density at radius 2 is 1.88 bits per heavy atom. The van der Waals surface area contributed by atoms with Crippen molar-refractivity contribution in [2.24, 2.45) is 5.73 Å². The fraction of sp³-hybridized carbons (Fsp3) is 0.100. The van der Waals surface area contributed by atoms with Crippen molar-refractivity contribution in [1.82, 2.24) is 0 Å². The van der Waals surface area contributed by atoms with Gasteiger partial charge in [-0.2, -0.15) is 0 Å². The third-order valence-corrected chi connectivity index (χ3v) is 2.93. The molecule has 0 bridgehead atoms. The van der Waals surface area contributed by atoms with Crippen LogP contribution in [0.1, 0.15) is 5.56 Å². The zero-order valence-corrected chi connectivity index (χ0v) is 12.2. The minimum atomic E-state index is -4.55. The van der Waals surface area contributed by atoms with E-state index in [4.69, 9.17) is 5.73 Å². The van der Waals surface area contributed by atoms with Crippen LogP contribution >= 0.6 is 0 Å². The Hall–Kier alpha value is -0.660. The summed E-state index contributed by atoms with van der Waals surface area (Å²) in [7, 11) is -4.55. The zero-order chi connectivity index (χ0) is 12.3. The number of nitrogens with two attached hydrogens (primary N) is 1. The van der Waals surface area contributed by atoms with Crippen molar-refractivity contribution in [3.63, 3.8) is 0 Å². The Bertz CT molecular complexity index is 539. The van der Waals surface area contributed by atoms with Crippen molar-refractivity contribution in [2.75, 3.05) is 0 Å². The number of amides is 1. The Labute approximate surface area is 122 Å². The van der Waals surface area contributed by atoms with Gasteiger partial charge >= 0.3 is 29.6 Å². The number of benzene rings is 1. The molecule has 1 rings (SSSR count). The van der Waals surface area contributed by atoms with E-state index in [9.17, 15) is 17.8 Å². The van der Waals surface area contributed by atoms with Crippen LogP contribution < -0.4 is 35.3 Å². The number of carbonyl (C=O) groups excluding carboxylic acids is 1. The monoisotopic (exact) mass is 263 g/mol. The summed E-state index contributed by atoms with van der Waals surface area (Å²) in [6, 6.07) is 5.63. The van der Waals surface area contributed by atoms with Crippen LogP contribution in [-0.2, 0) is 21.3 Å². The third-order valence-electron chi connectivity index (χ3n) is 1.99. The van der Waals surface area contributed by atoms with Gasteiger partial charge in [-0.3, -0.25) is 4.79 Å². The number of primary amides is 1. The second-order valence-electron chi connectivity index (χ2n) is 3.21. The number of hydrogen-bond donors (Lipinski definition) is 1. The van der Waals surface area contributed by atoms with Crippen molar-refractivity contribution < 1.29 is 47.3 Å². The standard InChI is InChI=1S/C10H11NO4S.Na/c1-7(10(11)12)6-8-4-2-3-5-9(8)16(13,14)15;/h2-5H,1,6H2,(H2,11,12)(H,13,14,15);/q;+1/p-1. The Kier molecular flexibility index (Phi) is 6.08. The molecule has 0 fully saturated rings. The summed E-state index contributed by atoms with van der Waals surface area (Å²) in [5.41, 5.74) is 5.25. The molecule has 1 aromatic carbocycles. The minimum Gasteiger partial charge on any atom is -0.744 e. The molecule has 1 aromatic rings. The van der Waals surface area contributed by atoms with Crippen LogP contribution in [-0.4, -0.2) is 18.9 Å². The molecule has 0 heterocycles. The molecule has 5 nitrogen and oxygen atoms in total. The first-order valence-electron chi connectivity index (χ1n) is 4.33. The van der Waals surface area contributed by atoms with Gasteiger partial charge in [0.1, 0.15) is 10.1 Å². The fourth-order valence-corrected chi connectivity index (χ4v) is 1.92. The van der Waals surface area contributed by atoms with Gasteiger partial charge in [0.2, 0.25) is 5.91 Å². The van der Waals surface area contributed by atoms with Gasteiger partial charge < -0.3 is 10.3 Å². The fourth-order valence-electron chi connectivity index (χ4n) is 1.21. The summed E-state index contributed by atoms with van der Waals surface area (Å²) >= 11 is 0. The van der Waals surface area contributed by atoms with E-state index in [0.29, 0.717) is 0 Å². The molecular weight excluding hydrogens is 253 g/mol. The molecule has 0 aromatic heterocycles. The molecular formula is C10H10NNaO4S. The molecule has 0 spiro atoms. The van der Waals surface area contributed by atoms with Crippen LogP contribution in [0.5, 0.6) is 0 Å². The minimum absolute atomic E-state index is 0. The van der Waals surface area contributed by atoms with Crippen molar-refractivity contribution in [3.05, 3.63) is 42.0 Å². The smallest absolute Gasteiger partial charge is 0.744 e. The van der Waals surface area contributed by atoms with Crippen LogP contribution in [0, 0.1) is 0 Å². The van der Waals surface area contributed by atoms with Crippen LogP contribution in [0.2, 0.25) is 0 Å². The molecule has 0 saturated carbocycles. The van der Waals surface area contributed by atoms with E-state index in [1.54, 1.807) is 6.07 Å². The molecule has 17 heavy (non-hydrogen) atoms. The molecule has 0 aliphatic heterocycles. The van der Waals surface area contributed by atoms with Gasteiger partial charge in [-0.25, -0.2) is 8.42 Å². The Morgan fingerprint density at radius 3 is 2.35 bits per heavy atom. The van der Waals surface area contributed by atoms with E-state index < -0.39 is 16.0 Å². The molecule has 0 unspecified atom stereocenters. The first-order chi connectivity index (χ1) is 7.32. The van der Waals surface area contributed by atoms with E-state index >= 15 is 0 Å². The topological polar surface area (TPSA) is 100 Å². The summed E-state index contributed by atoms with van der Waals surface area (Å²) in [5.74, 6) is -0.724. The van der Waals surface area contributed by atoms with Gasteiger partial charge in [0, 0.05) is 12.0 Å². The zero-order valence-electron chi connectivity index (χ0n) is 9.34. The maximum Gasteiger partial charge on any atom is 1.00 e. The van der Waals surface area contributed by atoms with Gasteiger partial charge in [-0.05, 0) is 11.6 Å². The average molecular weight is 263 g/mol. The van der Waals surface area contributed by atoms with Crippen molar-refractivity contribution in [1.29, 1.82) is 0 Å². The number of rotatable bonds is 4. The predicted molar refractivity (Wildman–Crippen MR) is 56.4 cm³/mol. The largest absolute Gasteiger partial charge is 1.00 e. The van der Waals surface area contributed by atoms with E-state index in [-0.39, 0.29) is 52.0 Å². The summed E-state index contributed by atoms with van der Waals surface area (Å²) in [6.45, 7) is 3.40. The molecule has 2 N–H and O–H groups in total. The first-order valence-corrected chi connectivity index (χ1v) is 5.74. The quantitative estimate of drug-likeness (QED) is 0.360. The molecule has 0 atom stereocenters. The SMILES string of the molecule is C=C(Cc1ccccc1S(=O)(=O)[O-])C(N)=O.[Na+]. The van der Waals surface area contributed by atoms with E-state index in [2.05, 4.69) is 6.58 Å². The summed E-state index contributed by atoms with van der Waals surface area (Å²) < 4.78 is 32.7. The Morgan fingerprint density at radius 1 is 1.35 bits per heavy atom. The van der Waals surface area contributed by atoms with Crippen LogP contribution in [0.4, 0.5) is 0 Å². The predicted octanol–water partition coefficient (Wildman–Crippen LogP) is -2.82. The maximum atomic E-state index is 10.9. The average Bonchev–Trinajstić information content (AvgIpc) is 2.16. The van der Waals surface area contributed by atoms with E-state index in [1.807, 2.05) is 0 Å². The molecule has 86 valence electrons. The molecule has 0 saturated heterocycles. The van der Waals surface area contributed by atoms with Crippen molar-refractivity contribution >= 4 is 16.0 Å². The Balaban J connectivity index is 0.00000256. The number of carbonyl (C=O) groups is 1. The van der Waals surface area contributed by atoms with Crippen LogP contribution in [0.25, 0.3) is 0 Å². The van der Waals surface area contributed by atoms with Crippen LogP contribution in [0.15, 0.2) is 41.3 Å². The van der Waals surface area contributed by atoms with Gasteiger partial charge in [0.15, 0.2) is 0 Å². The van der Waals surface area contributed by atoms with E-state index in [0.717, 1.165) is 0 Å². The second kappa shape index (κ2) is 6.32. The molecule has 0 radical (unpaired) electrons. The second-order valence-corrected chi connectivity index (χ2v) is 4.55. The van der Waals surface area contributed by atoms with Gasteiger partial charge in [0.25, 0.3) is 0 Å². The van der Waals surface area contributed by atoms with Crippen LogP contribution in [0.3, 0.4) is 0 Å². The van der Waals surface area contributed by atoms with Crippen molar-refractivity contribution in [2.45, 2.75) is 11.3 Å². The molecule has 1 amide bonds. The summed E-state index contributed by atoms with van der Waals surface area (Å²) in [6.07, 6.45) is -0.0486. The molecule has 0 aliphatic carbocycles. The summed E-state index contributed by atoms with van der Waals surface area (Å²) in [4.78, 5) is 10.4. The van der Waals surface area contributed by atoms with Gasteiger partial charge in [0.05, 0.1) is 4.90 Å². The van der Waals surface area contributed by atoms with Crippen molar-refractivity contribution in [3.8, 4) is 0 Å². The number of hydrogen-bond acceptors (Lipinski definition) is 4. The molecule has 0 aliphatic rings. The first kappa shape index (κ1) is 16.3. The molecule has 7 heteroatoms. The van der Waals surface area contributed by atoms with Gasteiger partial charge in [-0.15, -0.1) is 0 Å². The van der Waals surface area contributed by atoms with E-state index in [1.165, 1.54) is 18.2 Å². The maximum absolute atomic E-state index is 10.9. The normalized spacial score (nSPS) is 10.4.